The van der Waals surface area contributed by atoms with Crippen molar-refractivity contribution in [2.45, 2.75) is 53.9 Å². The minimum absolute atomic E-state index is 0.250. The first-order valence-electron chi connectivity index (χ1n) is 9.28. The fourth-order valence-corrected chi connectivity index (χ4v) is 2.96. The van der Waals surface area contributed by atoms with Crippen molar-refractivity contribution in [3.05, 3.63) is 76.6 Å². The summed E-state index contributed by atoms with van der Waals surface area (Å²) in [5, 5.41) is 0. The molecule has 0 atom stereocenters. The Hall–Kier alpha value is -2.35. The van der Waals surface area contributed by atoms with Crippen molar-refractivity contribution in [2.75, 3.05) is 0 Å². The summed E-state index contributed by atoms with van der Waals surface area (Å²) in [6.45, 7) is 16.9. The Bertz CT molecular complexity index is 826. The monoisotopic (exact) mass is 352 g/mol. The summed E-state index contributed by atoms with van der Waals surface area (Å²) in [6, 6.07) is 10.7. The molecule has 0 radical (unpaired) electrons. The van der Waals surface area contributed by atoms with Crippen molar-refractivity contribution in [3.63, 3.8) is 0 Å². The first-order chi connectivity index (χ1) is 12.3. The number of benzene rings is 2. The van der Waals surface area contributed by atoms with Crippen LogP contribution in [-0.2, 0) is 0 Å². The summed E-state index contributed by atoms with van der Waals surface area (Å²) in [5.41, 5.74) is 6.26. The highest BCUT2D eigenvalue weighted by atomic mass is 19.1. The quantitative estimate of drug-likeness (QED) is 0.543. The van der Waals surface area contributed by atoms with E-state index >= 15 is 0 Å². The van der Waals surface area contributed by atoms with E-state index in [0.717, 1.165) is 33.8 Å². The molecule has 3 rings (SSSR count). The number of fused-ring (bicyclic) bond motifs is 1. The lowest BCUT2D eigenvalue weighted by atomic mass is 9.88. The molecule has 0 aliphatic carbocycles. The van der Waals surface area contributed by atoms with Crippen LogP contribution in [-0.4, -0.2) is 0 Å². The third-order valence-electron chi connectivity index (χ3n) is 4.31. The Labute approximate surface area is 157 Å². The van der Waals surface area contributed by atoms with E-state index in [9.17, 15) is 4.39 Å². The average molecular weight is 352 g/mol. The molecule has 2 aromatic rings. The SMILES string of the molecule is C=C1C(C)=C(c2ccc(F)cc2)Oc2c1cc(C)cc2C(C)C.CCC. The lowest BCUT2D eigenvalue weighted by Crippen LogP contribution is -2.10. The molecule has 1 aliphatic heterocycles. The standard InChI is InChI=1S/C21H21FO.C3H8/c1-12(2)18-10-13(3)11-19-14(4)15(5)20(23-21(18)19)16-6-8-17(22)9-7-16;1-3-2/h6-12H,4H2,1-3,5H3;3H2,1-2H3. The molecular weight excluding hydrogens is 323 g/mol. The van der Waals surface area contributed by atoms with Gasteiger partial charge in [-0.1, -0.05) is 46.8 Å². The van der Waals surface area contributed by atoms with Crippen LogP contribution < -0.4 is 4.74 Å². The molecule has 1 aliphatic rings. The Balaban J connectivity index is 0.000000758. The van der Waals surface area contributed by atoms with Gasteiger partial charge in [0.25, 0.3) is 0 Å². The first kappa shape index (κ1) is 20.0. The van der Waals surface area contributed by atoms with Crippen LogP contribution in [0.5, 0.6) is 5.75 Å². The third kappa shape index (κ3) is 4.07. The minimum atomic E-state index is -0.250. The van der Waals surface area contributed by atoms with Crippen LogP contribution >= 0.6 is 0 Å². The van der Waals surface area contributed by atoms with Crippen LogP contribution in [0.3, 0.4) is 0 Å². The van der Waals surface area contributed by atoms with Crippen molar-refractivity contribution >= 4 is 11.3 Å². The van der Waals surface area contributed by atoms with Crippen molar-refractivity contribution in [1.82, 2.24) is 0 Å². The molecule has 0 unspecified atom stereocenters. The molecule has 2 aromatic carbocycles. The second kappa shape index (κ2) is 8.35. The van der Waals surface area contributed by atoms with Gasteiger partial charge in [0.15, 0.2) is 0 Å². The number of hydrogen-bond acceptors (Lipinski definition) is 1. The van der Waals surface area contributed by atoms with Crippen molar-refractivity contribution in [1.29, 1.82) is 0 Å². The number of ether oxygens (including phenoxy) is 1. The van der Waals surface area contributed by atoms with E-state index in [2.05, 4.69) is 53.3 Å². The lowest BCUT2D eigenvalue weighted by molar-refractivity contribution is 0.494. The van der Waals surface area contributed by atoms with Crippen LogP contribution in [0, 0.1) is 12.7 Å². The molecule has 1 heterocycles. The maximum absolute atomic E-state index is 13.2. The molecule has 1 nitrogen and oxygen atoms in total. The van der Waals surface area contributed by atoms with E-state index in [1.54, 1.807) is 12.1 Å². The van der Waals surface area contributed by atoms with Gasteiger partial charge in [-0.15, -0.1) is 0 Å². The summed E-state index contributed by atoms with van der Waals surface area (Å²) >= 11 is 0. The number of hydrogen-bond donors (Lipinski definition) is 0. The molecule has 0 spiro atoms. The summed E-state index contributed by atoms with van der Waals surface area (Å²) in [4.78, 5) is 0. The summed E-state index contributed by atoms with van der Waals surface area (Å²) < 4.78 is 19.5. The van der Waals surface area contributed by atoms with E-state index in [1.165, 1.54) is 29.7 Å². The second-order valence-electron chi connectivity index (χ2n) is 7.13. The smallest absolute Gasteiger partial charge is 0.138 e. The van der Waals surface area contributed by atoms with Crippen molar-refractivity contribution in [2.24, 2.45) is 0 Å². The van der Waals surface area contributed by atoms with Crippen LogP contribution in [0.2, 0.25) is 0 Å². The number of halogens is 1. The largest absolute Gasteiger partial charge is 0.455 e. The van der Waals surface area contributed by atoms with Crippen LogP contribution in [0.4, 0.5) is 4.39 Å². The molecule has 138 valence electrons. The van der Waals surface area contributed by atoms with Crippen LogP contribution in [0.15, 0.2) is 48.6 Å². The zero-order valence-electron chi connectivity index (χ0n) is 16.7. The molecule has 26 heavy (non-hydrogen) atoms. The fourth-order valence-electron chi connectivity index (χ4n) is 2.96. The van der Waals surface area contributed by atoms with Gasteiger partial charge in [-0.2, -0.15) is 0 Å². The molecule has 2 heteroatoms. The highest BCUT2D eigenvalue weighted by Gasteiger charge is 2.25. The molecular formula is C24H29FO. The Kier molecular flexibility index (Phi) is 6.42. The minimum Gasteiger partial charge on any atom is -0.455 e. The maximum Gasteiger partial charge on any atom is 0.138 e. The van der Waals surface area contributed by atoms with Crippen LogP contribution in [0.1, 0.15) is 69.2 Å². The van der Waals surface area contributed by atoms with Gasteiger partial charge >= 0.3 is 0 Å². The predicted molar refractivity (Wildman–Crippen MR) is 110 cm³/mol. The molecule has 0 saturated heterocycles. The molecule has 0 fully saturated rings. The van der Waals surface area contributed by atoms with Crippen molar-refractivity contribution < 1.29 is 9.13 Å². The van der Waals surface area contributed by atoms with Gasteiger partial charge in [0.1, 0.15) is 17.3 Å². The van der Waals surface area contributed by atoms with Gasteiger partial charge in [-0.25, -0.2) is 4.39 Å². The Morgan fingerprint density at radius 1 is 1.04 bits per heavy atom. The molecule has 0 amide bonds. The van der Waals surface area contributed by atoms with Gasteiger partial charge in [0, 0.05) is 11.1 Å². The lowest BCUT2D eigenvalue weighted by Gasteiger charge is -2.27. The Morgan fingerprint density at radius 3 is 2.15 bits per heavy atom. The van der Waals surface area contributed by atoms with Gasteiger partial charge in [-0.05, 0) is 72.4 Å². The average Bonchev–Trinajstić information content (AvgIpc) is 2.59. The second-order valence-corrected chi connectivity index (χ2v) is 7.13. The number of allylic oxidation sites excluding steroid dienone is 2. The van der Waals surface area contributed by atoms with E-state index in [0.29, 0.717) is 5.92 Å². The van der Waals surface area contributed by atoms with E-state index in [1.807, 2.05) is 6.92 Å². The van der Waals surface area contributed by atoms with Gasteiger partial charge in [0.05, 0.1) is 0 Å². The molecule has 0 N–H and O–H groups in total. The highest BCUT2D eigenvalue weighted by molar-refractivity contribution is 5.92. The van der Waals surface area contributed by atoms with Gasteiger partial charge in [-0.3, -0.25) is 0 Å². The van der Waals surface area contributed by atoms with Gasteiger partial charge in [0.2, 0.25) is 0 Å². The maximum atomic E-state index is 13.2. The predicted octanol–water partition coefficient (Wildman–Crippen LogP) is 7.51. The van der Waals surface area contributed by atoms with E-state index in [-0.39, 0.29) is 5.82 Å². The topological polar surface area (TPSA) is 9.23 Å². The Morgan fingerprint density at radius 2 is 1.62 bits per heavy atom. The normalized spacial score (nSPS) is 13.2. The summed E-state index contributed by atoms with van der Waals surface area (Å²) in [7, 11) is 0. The molecule has 0 aromatic heterocycles. The zero-order valence-corrected chi connectivity index (χ0v) is 16.7. The number of aryl methyl sites for hydroxylation is 1. The summed E-state index contributed by atoms with van der Waals surface area (Å²) in [5.74, 6) is 1.73. The van der Waals surface area contributed by atoms with E-state index < -0.39 is 0 Å². The highest BCUT2D eigenvalue weighted by Crippen LogP contribution is 2.45. The first-order valence-corrected chi connectivity index (χ1v) is 9.28. The zero-order chi connectivity index (χ0) is 19.4. The van der Waals surface area contributed by atoms with Crippen LogP contribution in [0.25, 0.3) is 11.3 Å². The third-order valence-corrected chi connectivity index (χ3v) is 4.31. The molecule has 0 saturated carbocycles. The fraction of sp³-hybridized carbons (Fsp3) is 0.333. The molecule has 0 bridgehead atoms. The number of rotatable bonds is 2. The van der Waals surface area contributed by atoms with E-state index in [4.69, 9.17) is 4.74 Å². The summed E-state index contributed by atoms with van der Waals surface area (Å²) in [6.07, 6.45) is 1.25. The van der Waals surface area contributed by atoms with Crippen molar-refractivity contribution in [3.8, 4) is 5.75 Å². The van der Waals surface area contributed by atoms with Gasteiger partial charge < -0.3 is 4.74 Å².